The van der Waals surface area contributed by atoms with Crippen LogP contribution in [0.1, 0.15) is 33.1 Å². The molecular formula is C27H35Cl2N5O3. The van der Waals surface area contributed by atoms with E-state index in [1.807, 2.05) is 36.6 Å². The third kappa shape index (κ3) is 5.81. The van der Waals surface area contributed by atoms with Crippen LogP contribution in [0, 0.1) is 27.7 Å². The summed E-state index contributed by atoms with van der Waals surface area (Å²) < 4.78 is 12.9. The van der Waals surface area contributed by atoms with Gasteiger partial charge >= 0.3 is 0 Å². The van der Waals surface area contributed by atoms with E-state index in [1.165, 1.54) is 16.8 Å². The van der Waals surface area contributed by atoms with Crippen molar-refractivity contribution in [2.45, 2.75) is 27.7 Å². The molecule has 1 aromatic heterocycles. The number of rotatable bonds is 6. The van der Waals surface area contributed by atoms with Gasteiger partial charge in [0.25, 0.3) is 5.91 Å². The number of fused-ring (bicyclic) bond motifs is 1. The molecule has 2 aromatic carbocycles. The number of imidazole rings is 1. The zero-order valence-corrected chi connectivity index (χ0v) is 23.4. The second-order valence-electron chi connectivity index (χ2n) is 9.27. The Bertz CT molecular complexity index is 1260. The number of piperazine rings is 1. The monoisotopic (exact) mass is 547 g/mol. The minimum atomic E-state index is -0.140. The average Bonchev–Trinajstić information content (AvgIpc) is 3.44. The number of nitrogens with zero attached hydrogens (tertiary/aromatic N) is 4. The molecule has 10 heteroatoms. The Balaban J connectivity index is 0.00000190. The topological polar surface area (TPSA) is 71.9 Å². The van der Waals surface area contributed by atoms with E-state index in [1.54, 1.807) is 0 Å². The molecule has 200 valence electrons. The van der Waals surface area contributed by atoms with E-state index < -0.39 is 0 Å². The molecule has 1 saturated heterocycles. The first-order valence-corrected chi connectivity index (χ1v) is 12.2. The number of carbonyl (C=O) groups excluding carboxylic acids is 1. The van der Waals surface area contributed by atoms with Gasteiger partial charge in [-0.3, -0.25) is 9.69 Å². The van der Waals surface area contributed by atoms with E-state index >= 15 is 0 Å². The standard InChI is InChI=1S/C27H33N5O3.2ClH/c1-18-6-5-7-23(19(18)2)31-14-12-30(13-15-31)11-10-28-27(33)26-20(3)32(21(4)29-26)22-8-9-24-25(16-22)35-17-34-24;;/h5-9,16H,10-15,17H2,1-4H3,(H,28,33);2*1H. The van der Waals surface area contributed by atoms with E-state index in [-0.39, 0.29) is 37.5 Å². The fourth-order valence-corrected chi connectivity index (χ4v) is 4.96. The lowest BCUT2D eigenvalue weighted by Gasteiger charge is -2.37. The summed E-state index contributed by atoms with van der Waals surface area (Å²) >= 11 is 0. The Morgan fingerprint density at radius 1 is 0.973 bits per heavy atom. The molecule has 1 N–H and O–H groups in total. The molecule has 37 heavy (non-hydrogen) atoms. The van der Waals surface area contributed by atoms with E-state index in [0.29, 0.717) is 18.0 Å². The summed E-state index contributed by atoms with van der Waals surface area (Å²) in [6.45, 7) is 13.8. The molecule has 0 saturated carbocycles. The lowest BCUT2D eigenvalue weighted by molar-refractivity contribution is 0.0942. The molecular weight excluding hydrogens is 513 g/mol. The lowest BCUT2D eigenvalue weighted by atomic mass is 10.1. The van der Waals surface area contributed by atoms with Crippen molar-refractivity contribution in [3.8, 4) is 17.2 Å². The van der Waals surface area contributed by atoms with Gasteiger partial charge in [-0.2, -0.15) is 0 Å². The van der Waals surface area contributed by atoms with Crippen LogP contribution in [-0.4, -0.2) is 66.4 Å². The molecule has 0 atom stereocenters. The number of carbonyl (C=O) groups is 1. The molecule has 3 aromatic rings. The summed E-state index contributed by atoms with van der Waals surface area (Å²) in [6.07, 6.45) is 0. The van der Waals surface area contributed by atoms with E-state index in [0.717, 1.165) is 55.7 Å². The maximum absolute atomic E-state index is 12.9. The molecule has 8 nitrogen and oxygen atoms in total. The summed E-state index contributed by atoms with van der Waals surface area (Å²) in [5.41, 5.74) is 6.19. The SMILES string of the molecule is Cc1cccc(N2CCN(CCNC(=O)c3nc(C)n(-c4ccc5c(c4)OCO5)c3C)CC2)c1C.Cl.Cl. The van der Waals surface area contributed by atoms with Gasteiger partial charge in [-0.1, -0.05) is 12.1 Å². The third-order valence-electron chi connectivity index (χ3n) is 7.11. The van der Waals surface area contributed by atoms with Crippen molar-refractivity contribution in [2.75, 3.05) is 51.0 Å². The van der Waals surface area contributed by atoms with Gasteiger partial charge < -0.3 is 24.3 Å². The summed E-state index contributed by atoms with van der Waals surface area (Å²) in [6, 6.07) is 12.3. The molecule has 2 aliphatic rings. The van der Waals surface area contributed by atoms with Crippen molar-refractivity contribution >= 4 is 36.4 Å². The summed E-state index contributed by atoms with van der Waals surface area (Å²) in [5.74, 6) is 2.06. The number of hydrogen-bond donors (Lipinski definition) is 1. The minimum Gasteiger partial charge on any atom is -0.454 e. The number of halogens is 2. The average molecular weight is 549 g/mol. The number of aryl methyl sites for hydroxylation is 2. The van der Waals surface area contributed by atoms with Crippen LogP contribution in [0.5, 0.6) is 11.5 Å². The molecule has 2 aliphatic heterocycles. The Hall–Kier alpha value is -2.94. The highest BCUT2D eigenvalue weighted by Crippen LogP contribution is 2.34. The van der Waals surface area contributed by atoms with Crippen LogP contribution in [0.25, 0.3) is 5.69 Å². The number of hydrogen-bond acceptors (Lipinski definition) is 6. The predicted molar refractivity (Wildman–Crippen MR) is 151 cm³/mol. The molecule has 5 rings (SSSR count). The zero-order valence-electron chi connectivity index (χ0n) is 21.7. The van der Waals surface area contributed by atoms with Crippen LogP contribution in [0.2, 0.25) is 0 Å². The fraction of sp³-hybridized carbons (Fsp3) is 0.407. The Kier molecular flexibility index (Phi) is 9.34. The number of benzene rings is 2. The highest BCUT2D eigenvalue weighted by molar-refractivity contribution is 5.93. The normalized spacial score (nSPS) is 14.6. The van der Waals surface area contributed by atoms with Gasteiger partial charge in [-0.15, -0.1) is 24.8 Å². The van der Waals surface area contributed by atoms with E-state index in [9.17, 15) is 4.79 Å². The zero-order chi connectivity index (χ0) is 24.5. The van der Waals surface area contributed by atoms with Gasteiger partial charge in [-0.25, -0.2) is 4.98 Å². The molecule has 1 amide bonds. The molecule has 0 aliphatic carbocycles. The van der Waals surface area contributed by atoms with Crippen molar-refractivity contribution in [3.63, 3.8) is 0 Å². The Morgan fingerprint density at radius 3 is 2.46 bits per heavy atom. The molecule has 1 fully saturated rings. The second-order valence-corrected chi connectivity index (χ2v) is 9.27. The van der Waals surface area contributed by atoms with Crippen molar-refractivity contribution in [2.24, 2.45) is 0 Å². The van der Waals surface area contributed by atoms with Gasteiger partial charge in [-0.05, 0) is 57.0 Å². The highest BCUT2D eigenvalue weighted by atomic mass is 35.5. The minimum absolute atomic E-state index is 0. The smallest absolute Gasteiger partial charge is 0.271 e. The van der Waals surface area contributed by atoms with Crippen LogP contribution in [-0.2, 0) is 0 Å². The summed E-state index contributed by atoms with van der Waals surface area (Å²) in [5, 5.41) is 3.07. The number of anilines is 1. The predicted octanol–water partition coefficient (Wildman–Crippen LogP) is 4.23. The number of nitrogens with one attached hydrogen (secondary N) is 1. The van der Waals surface area contributed by atoms with Gasteiger partial charge in [0.1, 0.15) is 11.5 Å². The molecule has 0 spiro atoms. The van der Waals surface area contributed by atoms with Gasteiger partial charge in [0.2, 0.25) is 6.79 Å². The van der Waals surface area contributed by atoms with Gasteiger partial charge in [0.15, 0.2) is 11.5 Å². The van der Waals surface area contributed by atoms with Crippen molar-refractivity contribution in [3.05, 3.63) is 64.7 Å². The maximum Gasteiger partial charge on any atom is 0.271 e. The van der Waals surface area contributed by atoms with Crippen LogP contribution in [0.15, 0.2) is 36.4 Å². The maximum atomic E-state index is 12.9. The lowest BCUT2D eigenvalue weighted by Crippen LogP contribution is -2.48. The van der Waals surface area contributed by atoms with Gasteiger partial charge in [0, 0.05) is 51.0 Å². The number of amides is 1. The van der Waals surface area contributed by atoms with E-state index in [4.69, 9.17) is 9.47 Å². The van der Waals surface area contributed by atoms with Gasteiger partial charge in [0.05, 0.1) is 11.4 Å². The number of aromatic nitrogens is 2. The van der Waals surface area contributed by atoms with Crippen molar-refractivity contribution < 1.29 is 14.3 Å². The van der Waals surface area contributed by atoms with Crippen molar-refractivity contribution in [1.82, 2.24) is 19.8 Å². The molecule has 0 radical (unpaired) electrons. The Labute approximate surface area is 230 Å². The fourth-order valence-electron chi connectivity index (χ4n) is 4.96. The first-order chi connectivity index (χ1) is 16.9. The van der Waals surface area contributed by atoms with Crippen LogP contribution in [0.3, 0.4) is 0 Å². The quantitative estimate of drug-likeness (QED) is 0.497. The van der Waals surface area contributed by atoms with Crippen LogP contribution >= 0.6 is 24.8 Å². The molecule has 0 bridgehead atoms. The second kappa shape index (κ2) is 12.1. The van der Waals surface area contributed by atoms with Crippen LogP contribution < -0.4 is 19.7 Å². The third-order valence-corrected chi connectivity index (χ3v) is 7.11. The van der Waals surface area contributed by atoms with Crippen LogP contribution in [0.4, 0.5) is 5.69 Å². The highest BCUT2D eigenvalue weighted by Gasteiger charge is 2.22. The molecule has 3 heterocycles. The Morgan fingerprint density at radius 2 is 1.70 bits per heavy atom. The van der Waals surface area contributed by atoms with Crippen molar-refractivity contribution in [1.29, 1.82) is 0 Å². The first kappa shape index (κ1) is 28.6. The van der Waals surface area contributed by atoms with E-state index in [2.05, 4.69) is 52.1 Å². The first-order valence-electron chi connectivity index (χ1n) is 12.2. The summed E-state index contributed by atoms with van der Waals surface area (Å²) in [7, 11) is 0. The number of ether oxygens (including phenoxy) is 2. The molecule has 0 unspecified atom stereocenters. The largest absolute Gasteiger partial charge is 0.454 e. The summed E-state index contributed by atoms with van der Waals surface area (Å²) in [4.78, 5) is 22.4.